The summed E-state index contributed by atoms with van der Waals surface area (Å²) in [4.78, 5) is 38.2. The molecule has 27 heavy (non-hydrogen) atoms. The van der Waals surface area contributed by atoms with Gasteiger partial charge in [0, 0.05) is 18.7 Å². The van der Waals surface area contributed by atoms with Crippen LogP contribution >= 0.6 is 11.3 Å². The molecule has 0 radical (unpaired) electrons. The highest BCUT2D eigenvalue weighted by molar-refractivity contribution is 7.12. The van der Waals surface area contributed by atoms with Gasteiger partial charge in [-0.15, -0.1) is 11.3 Å². The second-order valence-electron chi connectivity index (χ2n) is 5.85. The third-order valence-electron chi connectivity index (χ3n) is 3.80. The largest absolute Gasteiger partial charge is 0.456 e. The molecule has 7 heteroatoms. The molecule has 0 atom stereocenters. The van der Waals surface area contributed by atoms with E-state index in [2.05, 4.69) is 0 Å². The average molecular weight is 384 g/mol. The number of nitriles is 1. The van der Waals surface area contributed by atoms with Crippen molar-refractivity contribution in [2.75, 3.05) is 18.1 Å². The van der Waals surface area contributed by atoms with Gasteiger partial charge in [0.25, 0.3) is 5.91 Å². The Balaban J connectivity index is 1.86. The molecule has 0 aliphatic rings. The van der Waals surface area contributed by atoms with E-state index in [1.807, 2.05) is 25.1 Å². The first-order valence-electron chi connectivity index (χ1n) is 8.47. The van der Waals surface area contributed by atoms with Crippen LogP contribution in [0.15, 0.2) is 41.8 Å². The van der Waals surface area contributed by atoms with Crippen LogP contribution in [0.4, 0.5) is 5.69 Å². The Bertz CT molecular complexity index is 823. The van der Waals surface area contributed by atoms with Crippen molar-refractivity contribution < 1.29 is 19.1 Å². The normalized spacial score (nSPS) is 10.1. The van der Waals surface area contributed by atoms with Crippen molar-refractivity contribution in [1.82, 2.24) is 0 Å². The van der Waals surface area contributed by atoms with E-state index < -0.39 is 18.5 Å². The number of Topliss-reactive ketones (excluding diaryl/α,β-unsaturated/α-hetero) is 1. The predicted octanol–water partition coefficient (Wildman–Crippen LogP) is 3.51. The summed E-state index contributed by atoms with van der Waals surface area (Å²) in [6.07, 6.45) is 0.138. The third kappa shape index (κ3) is 6.35. The maximum atomic E-state index is 12.4. The number of ether oxygens (including phenoxy) is 1. The van der Waals surface area contributed by atoms with Crippen LogP contribution in [0.2, 0.25) is 0 Å². The number of thiophene rings is 1. The zero-order valence-corrected chi connectivity index (χ0v) is 15.8. The summed E-state index contributed by atoms with van der Waals surface area (Å²) in [5.74, 6) is -1.13. The Labute approximate surface area is 162 Å². The molecule has 2 rings (SSSR count). The van der Waals surface area contributed by atoms with E-state index in [4.69, 9.17) is 10.00 Å². The van der Waals surface area contributed by atoms with Gasteiger partial charge in [0.1, 0.15) is 0 Å². The number of carbonyl (C=O) groups excluding carboxylic acids is 3. The molecule has 0 unspecified atom stereocenters. The summed E-state index contributed by atoms with van der Waals surface area (Å²) in [5, 5.41) is 10.6. The highest BCUT2D eigenvalue weighted by atomic mass is 32.1. The van der Waals surface area contributed by atoms with Crippen molar-refractivity contribution in [3.05, 3.63) is 52.2 Å². The second kappa shape index (κ2) is 10.2. The quantitative estimate of drug-likeness (QED) is 0.488. The van der Waals surface area contributed by atoms with Gasteiger partial charge in [0.2, 0.25) is 0 Å². The van der Waals surface area contributed by atoms with E-state index in [1.54, 1.807) is 29.6 Å². The van der Waals surface area contributed by atoms with Crippen molar-refractivity contribution in [3.8, 4) is 6.07 Å². The van der Waals surface area contributed by atoms with Gasteiger partial charge in [-0.05, 0) is 30.5 Å². The minimum absolute atomic E-state index is 0.0453. The Morgan fingerprint density at radius 1 is 1.15 bits per heavy atom. The van der Waals surface area contributed by atoms with Gasteiger partial charge in [-0.1, -0.05) is 23.8 Å². The summed E-state index contributed by atoms with van der Waals surface area (Å²) in [5.41, 5.74) is 1.69. The molecule has 140 valence electrons. The molecule has 0 aliphatic heterocycles. The number of carbonyl (C=O) groups is 3. The van der Waals surface area contributed by atoms with E-state index >= 15 is 0 Å². The van der Waals surface area contributed by atoms with E-state index in [0.717, 1.165) is 5.56 Å². The summed E-state index contributed by atoms with van der Waals surface area (Å²) in [6.45, 7) is 1.72. The van der Waals surface area contributed by atoms with E-state index in [0.29, 0.717) is 10.6 Å². The van der Waals surface area contributed by atoms with Gasteiger partial charge >= 0.3 is 5.97 Å². The maximum absolute atomic E-state index is 12.4. The fourth-order valence-corrected chi connectivity index (χ4v) is 3.05. The molecular weight excluding hydrogens is 364 g/mol. The molecule has 0 spiro atoms. The number of hydrogen-bond acceptors (Lipinski definition) is 6. The molecule has 1 heterocycles. The van der Waals surface area contributed by atoms with Crippen molar-refractivity contribution >= 4 is 34.7 Å². The van der Waals surface area contributed by atoms with Crippen LogP contribution in [-0.4, -0.2) is 30.8 Å². The molecule has 2 aromatic rings. The number of nitrogens with zero attached hydrogens (tertiary/aromatic N) is 2. The smallest absolute Gasteiger partial charge is 0.306 e. The molecule has 0 saturated carbocycles. The highest BCUT2D eigenvalue weighted by Crippen LogP contribution is 2.16. The fourth-order valence-electron chi connectivity index (χ4n) is 2.35. The number of aryl methyl sites for hydroxylation is 1. The van der Waals surface area contributed by atoms with Gasteiger partial charge in [0.15, 0.2) is 12.4 Å². The average Bonchev–Trinajstić information content (AvgIpc) is 3.21. The predicted molar refractivity (Wildman–Crippen MR) is 103 cm³/mol. The molecule has 0 bridgehead atoms. The molecule has 0 fully saturated rings. The number of amides is 1. The first-order valence-corrected chi connectivity index (χ1v) is 9.35. The van der Waals surface area contributed by atoms with Crippen LogP contribution in [0.5, 0.6) is 0 Å². The lowest BCUT2D eigenvalue weighted by Crippen LogP contribution is -2.35. The minimum atomic E-state index is -0.600. The zero-order valence-electron chi connectivity index (χ0n) is 15.0. The van der Waals surface area contributed by atoms with Crippen molar-refractivity contribution in [2.24, 2.45) is 0 Å². The SMILES string of the molecule is Cc1ccc(N(CCC#N)C(=O)COC(=O)CCC(=O)c2cccs2)cc1. The summed E-state index contributed by atoms with van der Waals surface area (Å²) >= 11 is 1.32. The van der Waals surface area contributed by atoms with Crippen molar-refractivity contribution in [2.45, 2.75) is 26.2 Å². The lowest BCUT2D eigenvalue weighted by atomic mass is 10.2. The molecular formula is C20H20N2O4S. The Morgan fingerprint density at radius 3 is 2.52 bits per heavy atom. The van der Waals surface area contributed by atoms with Crippen LogP contribution in [0.3, 0.4) is 0 Å². The van der Waals surface area contributed by atoms with Crippen molar-refractivity contribution in [1.29, 1.82) is 5.26 Å². The Hall–Kier alpha value is -2.98. The van der Waals surface area contributed by atoms with Crippen LogP contribution in [-0.2, 0) is 14.3 Å². The van der Waals surface area contributed by atoms with Gasteiger partial charge < -0.3 is 9.64 Å². The van der Waals surface area contributed by atoms with Crippen LogP contribution in [0, 0.1) is 18.3 Å². The monoisotopic (exact) mass is 384 g/mol. The van der Waals surface area contributed by atoms with Gasteiger partial charge in [-0.2, -0.15) is 5.26 Å². The van der Waals surface area contributed by atoms with Gasteiger partial charge in [0.05, 0.1) is 23.8 Å². The standard InChI is InChI=1S/C20H20N2O4S/c1-15-5-7-16(8-6-15)22(12-3-11-21)19(24)14-26-20(25)10-9-17(23)18-4-2-13-27-18/h2,4-8,13H,3,9-10,12,14H2,1H3. The van der Waals surface area contributed by atoms with Crippen LogP contribution < -0.4 is 4.90 Å². The third-order valence-corrected chi connectivity index (χ3v) is 4.71. The lowest BCUT2D eigenvalue weighted by Gasteiger charge is -2.21. The fraction of sp³-hybridized carbons (Fsp3) is 0.300. The van der Waals surface area contributed by atoms with E-state index in [1.165, 1.54) is 16.2 Å². The maximum Gasteiger partial charge on any atom is 0.306 e. The minimum Gasteiger partial charge on any atom is -0.456 e. The molecule has 1 aromatic heterocycles. The number of benzene rings is 1. The number of anilines is 1. The second-order valence-corrected chi connectivity index (χ2v) is 6.80. The summed E-state index contributed by atoms with van der Waals surface area (Å²) in [7, 11) is 0. The summed E-state index contributed by atoms with van der Waals surface area (Å²) in [6, 6.07) is 12.8. The highest BCUT2D eigenvalue weighted by Gasteiger charge is 2.18. The molecule has 1 amide bonds. The van der Waals surface area contributed by atoms with E-state index in [9.17, 15) is 14.4 Å². The van der Waals surface area contributed by atoms with E-state index in [-0.39, 0.29) is 31.6 Å². The molecule has 0 N–H and O–H groups in total. The number of esters is 1. The molecule has 6 nitrogen and oxygen atoms in total. The van der Waals surface area contributed by atoms with Crippen molar-refractivity contribution in [3.63, 3.8) is 0 Å². The number of rotatable bonds is 9. The van der Waals surface area contributed by atoms with Crippen LogP contribution in [0.25, 0.3) is 0 Å². The molecule has 1 aromatic carbocycles. The first-order chi connectivity index (χ1) is 13.0. The molecule has 0 saturated heterocycles. The number of hydrogen-bond donors (Lipinski definition) is 0. The Kier molecular flexibility index (Phi) is 7.71. The molecule has 0 aliphatic carbocycles. The lowest BCUT2D eigenvalue weighted by molar-refractivity contribution is -0.147. The number of ketones is 1. The first kappa shape index (κ1) is 20.3. The van der Waals surface area contributed by atoms with Gasteiger partial charge in [-0.25, -0.2) is 0 Å². The zero-order chi connectivity index (χ0) is 19.6. The Morgan fingerprint density at radius 2 is 1.89 bits per heavy atom. The summed E-state index contributed by atoms with van der Waals surface area (Å²) < 4.78 is 5.02. The van der Waals surface area contributed by atoms with Gasteiger partial charge in [-0.3, -0.25) is 14.4 Å². The van der Waals surface area contributed by atoms with Crippen LogP contribution in [0.1, 0.15) is 34.5 Å². The topological polar surface area (TPSA) is 87.5 Å².